The molecule has 2 rings (SSSR count). The van der Waals surface area contributed by atoms with Gasteiger partial charge in [-0.2, -0.15) is 0 Å². The van der Waals surface area contributed by atoms with Crippen molar-refractivity contribution in [2.75, 3.05) is 6.54 Å². The molecular weight excluding hydrogens is 176 g/mol. The van der Waals surface area contributed by atoms with Gasteiger partial charge in [0.25, 0.3) is 0 Å². The second-order valence-electron chi connectivity index (χ2n) is 4.22. The summed E-state index contributed by atoms with van der Waals surface area (Å²) in [5, 5.41) is 0. The summed E-state index contributed by atoms with van der Waals surface area (Å²) in [5.41, 5.74) is 5.39. The first-order chi connectivity index (χ1) is 6.79. The summed E-state index contributed by atoms with van der Waals surface area (Å²) in [4.78, 5) is 13.5. The monoisotopic (exact) mass is 194 g/mol. The lowest BCUT2D eigenvalue weighted by Gasteiger charge is -2.31. The summed E-state index contributed by atoms with van der Waals surface area (Å²) in [5.74, 6) is -0.151. The molecule has 78 valence electrons. The SMILES string of the molecule is NC(=O)[C@@H]1CCCN1[C@@H]1C=CCCC1. The average molecular weight is 194 g/mol. The molecule has 0 unspecified atom stereocenters. The van der Waals surface area contributed by atoms with Gasteiger partial charge in [0.05, 0.1) is 6.04 Å². The molecule has 0 aromatic carbocycles. The van der Waals surface area contributed by atoms with E-state index >= 15 is 0 Å². The highest BCUT2D eigenvalue weighted by Gasteiger charge is 2.33. The van der Waals surface area contributed by atoms with E-state index in [1.165, 1.54) is 19.3 Å². The fourth-order valence-corrected chi connectivity index (χ4v) is 2.56. The van der Waals surface area contributed by atoms with Crippen molar-refractivity contribution in [2.45, 2.75) is 44.2 Å². The van der Waals surface area contributed by atoms with Gasteiger partial charge in [-0.3, -0.25) is 9.69 Å². The van der Waals surface area contributed by atoms with Crippen LogP contribution in [0.25, 0.3) is 0 Å². The normalized spacial score (nSPS) is 33.4. The molecule has 1 saturated heterocycles. The van der Waals surface area contributed by atoms with Crippen LogP contribution in [0, 0.1) is 0 Å². The molecule has 2 aliphatic rings. The van der Waals surface area contributed by atoms with Crippen molar-refractivity contribution in [3.05, 3.63) is 12.2 Å². The van der Waals surface area contributed by atoms with Gasteiger partial charge in [-0.05, 0) is 38.6 Å². The third kappa shape index (κ3) is 1.82. The topological polar surface area (TPSA) is 46.3 Å². The first-order valence-corrected chi connectivity index (χ1v) is 5.51. The Balaban J connectivity index is 2.04. The van der Waals surface area contributed by atoms with Crippen LogP contribution < -0.4 is 5.73 Å². The summed E-state index contributed by atoms with van der Waals surface area (Å²) in [6.45, 7) is 1.03. The molecule has 14 heavy (non-hydrogen) atoms. The van der Waals surface area contributed by atoms with Crippen molar-refractivity contribution < 1.29 is 4.79 Å². The van der Waals surface area contributed by atoms with E-state index in [9.17, 15) is 4.79 Å². The number of amides is 1. The molecule has 1 amide bonds. The molecule has 0 bridgehead atoms. The van der Waals surface area contributed by atoms with Gasteiger partial charge in [-0.1, -0.05) is 12.2 Å². The van der Waals surface area contributed by atoms with E-state index in [2.05, 4.69) is 17.1 Å². The zero-order valence-corrected chi connectivity index (χ0v) is 8.48. The van der Waals surface area contributed by atoms with Crippen molar-refractivity contribution in [1.29, 1.82) is 0 Å². The summed E-state index contributed by atoms with van der Waals surface area (Å²) in [6, 6.07) is 0.450. The highest BCUT2D eigenvalue weighted by atomic mass is 16.1. The maximum Gasteiger partial charge on any atom is 0.234 e. The van der Waals surface area contributed by atoms with Crippen LogP contribution in [-0.2, 0) is 4.79 Å². The van der Waals surface area contributed by atoms with Gasteiger partial charge in [0.1, 0.15) is 0 Å². The maximum atomic E-state index is 11.2. The van der Waals surface area contributed by atoms with Crippen LogP contribution in [0.2, 0.25) is 0 Å². The number of primary amides is 1. The Kier molecular flexibility index (Phi) is 2.87. The number of carbonyl (C=O) groups is 1. The molecule has 0 aromatic heterocycles. The fourth-order valence-electron chi connectivity index (χ4n) is 2.56. The standard InChI is InChI=1S/C11H18N2O/c12-11(14)10-7-4-8-13(10)9-5-2-1-3-6-9/h2,5,9-10H,1,3-4,6-8H2,(H2,12,14)/t9-,10+/m1/s1. The van der Waals surface area contributed by atoms with Gasteiger partial charge in [-0.15, -0.1) is 0 Å². The third-order valence-electron chi connectivity index (χ3n) is 3.28. The zero-order valence-electron chi connectivity index (χ0n) is 8.48. The predicted octanol–water partition coefficient (Wildman–Crippen LogP) is 1.04. The van der Waals surface area contributed by atoms with Gasteiger partial charge in [-0.25, -0.2) is 0 Å². The minimum absolute atomic E-state index is 0.0113. The number of hydrogen-bond acceptors (Lipinski definition) is 2. The van der Waals surface area contributed by atoms with E-state index < -0.39 is 0 Å². The van der Waals surface area contributed by atoms with Crippen LogP contribution in [0.5, 0.6) is 0 Å². The van der Waals surface area contributed by atoms with E-state index in [4.69, 9.17) is 5.73 Å². The van der Waals surface area contributed by atoms with Crippen molar-refractivity contribution in [3.63, 3.8) is 0 Å². The molecule has 3 heteroatoms. The predicted molar refractivity (Wildman–Crippen MR) is 55.7 cm³/mol. The molecule has 3 nitrogen and oxygen atoms in total. The molecule has 1 aliphatic carbocycles. The smallest absolute Gasteiger partial charge is 0.234 e. The second-order valence-corrected chi connectivity index (χ2v) is 4.22. The molecule has 2 N–H and O–H groups in total. The summed E-state index contributed by atoms with van der Waals surface area (Å²) < 4.78 is 0. The first-order valence-electron chi connectivity index (χ1n) is 5.51. The van der Waals surface area contributed by atoms with Crippen molar-refractivity contribution in [2.24, 2.45) is 5.73 Å². The number of likely N-dealkylation sites (tertiary alicyclic amines) is 1. The first kappa shape index (κ1) is 9.71. The Bertz CT molecular complexity index is 250. The number of rotatable bonds is 2. The second kappa shape index (κ2) is 4.13. The highest BCUT2D eigenvalue weighted by molar-refractivity contribution is 5.80. The summed E-state index contributed by atoms with van der Waals surface area (Å²) in [7, 11) is 0. The Morgan fingerprint density at radius 2 is 2.21 bits per heavy atom. The van der Waals surface area contributed by atoms with Gasteiger partial charge >= 0.3 is 0 Å². The van der Waals surface area contributed by atoms with Crippen molar-refractivity contribution in [1.82, 2.24) is 4.90 Å². The number of carbonyl (C=O) groups excluding carboxylic acids is 1. The lowest BCUT2D eigenvalue weighted by atomic mass is 10.0. The number of nitrogens with zero attached hydrogens (tertiary/aromatic N) is 1. The third-order valence-corrected chi connectivity index (χ3v) is 3.28. The Hall–Kier alpha value is -0.830. The number of allylic oxidation sites excluding steroid dienone is 1. The van der Waals surface area contributed by atoms with Gasteiger partial charge in [0, 0.05) is 6.04 Å². The molecule has 1 fully saturated rings. The van der Waals surface area contributed by atoms with E-state index in [1.807, 2.05) is 0 Å². The molecule has 0 spiro atoms. The largest absolute Gasteiger partial charge is 0.368 e. The highest BCUT2D eigenvalue weighted by Crippen LogP contribution is 2.25. The van der Waals surface area contributed by atoms with E-state index in [1.54, 1.807) is 0 Å². The van der Waals surface area contributed by atoms with Crippen LogP contribution in [0.3, 0.4) is 0 Å². The number of nitrogens with two attached hydrogens (primary N) is 1. The van der Waals surface area contributed by atoms with Gasteiger partial charge in [0.2, 0.25) is 5.91 Å². The lowest BCUT2D eigenvalue weighted by Crippen LogP contribution is -2.45. The van der Waals surface area contributed by atoms with E-state index in [-0.39, 0.29) is 11.9 Å². The molecule has 0 radical (unpaired) electrons. The quantitative estimate of drug-likeness (QED) is 0.668. The van der Waals surface area contributed by atoms with E-state index in [0.29, 0.717) is 6.04 Å². The molecule has 1 aliphatic heterocycles. The van der Waals surface area contributed by atoms with Crippen molar-refractivity contribution >= 4 is 5.91 Å². The van der Waals surface area contributed by atoms with Gasteiger partial charge in [0.15, 0.2) is 0 Å². The molecular formula is C11H18N2O. The number of hydrogen-bond donors (Lipinski definition) is 1. The Morgan fingerprint density at radius 3 is 2.86 bits per heavy atom. The molecule has 0 aromatic rings. The average Bonchev–Trinajstić information content (AvgIpc) is 2.67. The summed E-state index contributed by atoms with van der Waals surface area (Å²) >= 11 is 0. The zero-order chi connectivity index (χ0) is 9.97. The molecule has 0 saturated carbocycles. The Labute approximate surface area is 84.9 Å². The Morgan fingerprint density at radius 1 is 1.36 bits per heavy atom. The van der Waals surface area contributed by atoms with Gasteiger partial charge < -0.3 is 5.73 Å². The minimum Gasteiger partial charge on any atom is -0.368 e. The van der Waals surface area contributed by atoms with E-state index in [0.717, 1.165) is 19.4 Å². The fraction of sp³-hybridized carbons (Fsp3) is 0.727. The van der Waals surface area contributed by atoms with Crippen LogP contribution in [0.4, 0.5) is 0 Å². The minimum atomic E-state index is -0.151. The molecule has 1 heterocycles. The van der Waals surface area contributed by atoms with Crippen LogP contribution >= 0.6 is 0 Å². The van der Waals surface area contributed by atoms with Crippen molar-refractivity contribution in [3.8, 4) is 0 Å². The lowest BCUT2D eigenvalue weighted by molar-refractivity contribution is -0.122. The van der Waals surface area contributed by atoms with Crippen LogP contribution in [0.15, 0.2) is 12.2 Å². The van der Waals surface area contributed by atoms with Crippen LogP contribution in [0.1, 0.15) is 32.1 Å². The molecule has 2 atom stereocenters. The maximum absolute atomic E-state index is 11.2. The summed E-state index contributed by atoms with van der Waals surface area (Å²) in [6.07, 6.45) is 10.1. The van der Waals surface area contributed by atoms with Crippen LogP contribution in [-0.4, -0.2) is 29.4 Å².